The number of hydrogen-bond acceptors (Lipinski definition) is 3. The SMILES string of the molecule is OCC(CS)c1cccnc1. The molecule has 0 aromatic carbocycles. The van der Waals surface area contributed by atoms with E-state index in [1.165, 1.54) is 0 Å². The first kappa shape index (κ1) is 8.56. The second-order valence-corrected chi connectivity index (χ2v) is 2.71. The largest absolute Gasteiger partial charge is 0.396 e. The first-order valence-corrected chi connectivity index (χ1v) is 4.13. The summed E-state index contributed by atoms with van der Waals surface area (Å²) in [5.41, 5.74) is 1.05. The van der Waals surface area contributed by atoms with Crippen molar-refractivity contribution in [1.29, 1.82) is 0 Å². The molecule has 60 valence electrons. The number of aliphatic hydroxyl groups excluding tert-OH is 1. The monoisotopic (exact) mass is 169 g/mol. The summed E-state index contributed by atoms with van der Waals surface area (Å²) < 4.78 is 0. The number of aromatic nitrogens is 1. The van der Waals surface area contributed by atoms with Crippen LogP contribution in [0.15, 0.2) is 24.5 Å². The van der Waals surface area contributed by atoms with E-state index in [0.29, 0.717) is 5.75 Å². The Hall–Kier alpha value is -0.540. The lowest BCUT2D eigenvalue weighted by molar-refractivity contribution is 0.275. The lowest BCUT2D eigenvalue weighted by Crippen LogP contribution is -2.05. The number of pyridine rings is 1. The molecule has 0 radical (unpaired) electrons. The van der Waals surface area contributed by atoms with Crippen LogP contribution in [-0.2, 0) is 0 Å². The molecule has 1 rings (SSSR count). The fraction of sp³-hybridized carbons (Fsp3) is 0.375. The fourth-order valence-electron chi connectivity index (χ4n) is 0.886. The van der Waals surface area contributed by atoms with Gasteiger partial charge in [0.1, 0.15) is 0 Å². The van der Waals surface area contributed by atoms with Crippen LogP contribution in [0.4, 0.5) is 0 Å². The number of aliphatic hydroxyl groups is 1. The van der Waals surface area contributed by atoms with Crippen molar-refractivity contribution in [2.75, 3.05) is 12.4 Å². The molecule has 0 saturated carbocycles. The van der Waals surface area contributed by atoms with Gasteiger partial charge >= 0.3 is 0 Å². The molecule has 2 nitrogen and oxygen atoms in total. The molecule has 1 N–H and O–H groups in total. The highest BCUT2D eigenvalue weighted by molar-refractivity contribution is 7.80. The van der Waals surface area contributed by atoms with Gasteiger partial charge in [0.2, 0.25) is 0 Å². The average molecular weight is 169 g/mol. The van der Waals surface area contributed by atoms with E-state index in [1.54, 1.807) is 12.4 Å². The Labute approximate surface area is 71.7 Å². The van der Waals surface area contributed by atoms with Crippen LogP contribution in [0.3, 0.4) is 0 Å². The molecule has 0 aliphatic carbocycles. The van der Waals surface area contributed by atoms with Gasteiger partial charge in [0, 0.05) is 18.3 Å². The van der Waals surface area contributed by atoms with Gasteiger partial charge in [-0.3, -0.25) is 4.98 Å². The van der Waals surface area contributed by atoms with Crippen LogP contribution >= 0.6 is 12.6 Å². The minimum Gasteiger partial charge on any atom is -0.396 e. The van der Waals surface area contributed by atoms with Gasteiger partial charge in [-0.25, -0.2) is 0 Å². The maximum absolute atomic E-state index is 8.90. The highest BCUT2D eigenvalue weighted by atomic mass is 32.1. The first-order valence-electron chi connectivity index (χ1n) is 3.50. The van der Waals surface area contributed by atoms with Crippen LogP contribution in [0.5, 0.6) is 0 Å². The van der Waals surface area contributed by atoms with E-state index in [2.05, 4.69) is 17.6 Å². The summed E-state index contributed by atoms with van der Waals surface area (Å²) in [6.45, 7) is 0.134. The highest BCUT2D eigenvalue weighted by Gasteiger charge is 2.06. The molecule has 0 saturated heterocycles. The van der Waals surface area contributed by atoms with Gasteiger partial charge in [0.25, 0.3) is 0 Å². The summed E-state index contributed by atoms with van der Waals surface area (Å²) in [5.74, 6) is 0.773. The van der Waals surface area contributed by atoms with Crippen molar-refractivity contribution in [2.45, 2.75) is 5.92 Å². The Kier molecular flexibility index (Phi) is 3.39. The molecule has 0 aliphatic heterocycles. The van der Waals surface area contributed by atoms with E-state index in [9.17, 15) is 0 Å². The zero-order chi connectivity index (χ0) is 8.10. The van der Waals surface area contributed by atoms with E-state index in [1.807, 2.05) is 12.1 Å². The zero-order valence-electron chi connectivity index (χ0n) is 6.14. The smallest absolute Gasteiger partial charge is 0.0508 e. The molecule has 3 heteroatoms. The summed E-state index contributed by atoms with van der Waals surface area (Å²) in [4.78, 5) is 3.96. The third kappa shape index (κ3) is 2.20. The molecule has 0 aliphatic rings. The van der Waals surface area contributed by atoms with Crippen molar-refractivity contribution >= 4 is 12.6 Å². The molecular weight excluding hydrogens is 158 g/mol. The van der Waals surface area contributed by atoms with Crippen LogP contribution in [0, 0.1) is 0 Å². The van der Waals surface area contributed by atoms with Crippen molar-refractivity contribution in [1.82, 2.24) is 4.98 Å². The highest BCUT2D eigenvalue weighted by Crippen LogP contribution is 2.14. The molecule has 0 fully saturated rings. The molecule has 1 unspecified atom stereocenters. The number of hydrogen-bond donors (Lipinski definition) is 2. The first-order chi connectivity index (χ1) is 5.38. The summed E-state index contributed by atoms with van der Waals surface area (Å²) >= 11 is 4.12. The summed E-state index contributed by atoms with van der Waals surface area (Å²) in [5, 5.41) is 8.90. The van der Waals surface area contributed by atoms with Crippen LogP contribution in [0.25, 0.3) is 0 Å². The number of nitrogens with zero attached hydrogens (tertiary/aromatic N) is 1. The van der Waals surface area contributed by atoms with Crippen LogP contribution in [-0.4, -0.2) is 22.5 Å². The Bertz CT molecular complexity index is 199. The van der Waals surface area contributed by atoms with Crippen LogP contribution in [0.1, 0.15) is 11.5 Å². The van der Waals surface area contributed by atoms with E-state index < -0.39 is 0 Å². The lowest BCUT2D eigenvalue weighted by Gasteiger charge is -2.09. The van der Waals surface area contributed by atoms with E-state index in [-0.39, 0.29) is 12.5 Å². The predicted molar refractivity (Wildman–Crippen MR) is 47.9 cm³/mol. The summed E-state index contributed by atoms with van der Waals surface area (Å²) in [6.07, 6.45) is 3.48. The normalized spacial score (nSPS) is 12.9. The van der Waals surface area contributed by atoms with Crippen molar-refractivity contribution in [3.05, 3.63) is 30.1 Å². The Morgan fingerprint density at radius 1 is 1.64 bits per heavy atom. The third-order valence-electron chi connectivity index (χ3n) is 1.60. The molecule has 1 aromatic heterocycles. The minimum absolute atomic E-state index is 0.118. The number of thiol groups is 1. The average Bonchev–Trinajstić information content (AvgIpc) is 2.09. The van der Waals surface area contributed by atoms with Gasteiger partial charge in [0.05, 0.1) is 6.61 Å². The number of rotatable bonds is 3. The molecule has 1 atom stereocenters. The topological polar surface area (TPSA) is 33.1 Å². The second kappa shape index (κ2) is 4.36. The Balaban J connectivity index is 2.74. The van der Waals surface area contributed by atoms with Crippen molar-refractivity contribution in [3.8, 4) is 0 Å². The van der Waals surface area contributed by atoms with Crippen molar-refractivity contribution in [2.24, 2.45) is 0 Å². The van der Waals surface area contributed by atoms with Gasteiger partial charge < -0.3 is 5.11 Å². The van der Waals surface area contributed by atoms with Gasteiger partial charge in [-0.1, -0.05) is 6.07 Å². The molecule has 0 spiro atoms. The van der Waals surface area contributed by atoms with E-state index >= 15 is 0 Å². The Morgan fingerprint density at radius 3 is 2.91 bits per heavy atom. The summed E-state index contributed by atoms with van der Waals surface area (Å²) in [6, 6.07) is 3.81. The lowest BCUT2D eigenvalue weighted by atomic mass is 10.1. The predicted octanol–water partition coefficient (Wildman–Crippen LogP) is 1.09. The van der Waals surface area contributed by atoms with Gasteiger partial charge in [-0.2, -0.15) is 12.6 Å². The molecule has 0 amide bonds. The van der Waals surface area contributed by atoms with E-state index in [0.717, 1.165) is 5.56 Å². The molecular formula is C8H11NOS. The van der Waals surface area contributed by atoms with Gasteiger partial charge in [0.15, 0.2) is 0 Å². The van der Waals surface area contributed by atoms with Gasteiger partial charge in [-0.05, 0) is 17.4 Å². The fourth-order valence-corrected chi connectivity index (χ4v) is 1.21. The van der Waals surface area contributed by atoms with Crippen LogP contribution < -0.4 is 0 Å². The Morgan fingerprint density at radius 2 is 2.45 bits per heavy atom. The quantitative estimate of drug-likeness (QED) is 0.664. The maximum Gasteiger partial charge on any atom is 0.0508 e. The standard InChI is InChI=1S/C8H11NOS/c10-5-8(6-11)7-2-1-3-9-4-7/h1-4,8,10-11H,5-6H2. The molecule has 1 aromatic rings. The maximum atomic E-state index is 8.90. The summed E-state index contributed by atoms with van der Waals surface area (Å²) in [7, 11) is 0. The van der Waals surface area contributed by atoms with E-state index in [4.69, 9.17) is 5.11 Å². The minimum atomic E-state index is 0.118. The van der Waals surface area contributed by atoms with Crippen molar-refractivity contribution in [3.63, 3.8) is 0 Å². The molecule has 0 bridgehead atoms. The third-order valence-corrected chi connectivity index (χ3v) is 2.04. The second-order valence-electron chi connectivity index (χ2n) is 2.35. The van der Waals surface area contributed by atoms with Gasteiger partial charge in [-0.15, -0.1) is 0 Å². The molecule has 1 heterocycles. The van der Waals surface area contributed by atoms with Crippen molar-refractivity contribution < 1.29 is 5.11 Å². The van der Waals surface area contributed by atoms with Crippen LogP contribution in [0.2, 0.25) is 0 Å². The molecule has 11 heavy (non-hydrogen) atoms. The zero-order valence-corrected chi connectivity index (χ0v) is 7.04.